The third-order valence-electron chi connectivity index (χ3n) is 4.94. The van der Waals surface area contributed by atoms with E-state index in [0.29, 0.717) is 13.1 Å². The van der Waals surface area contributed by atoms with E-state index in [1.54, 1.807) is 19.2 Å². The van der Waals surface area contributed by atoms with Crippen LogP contribution < -0.4 is 5.32 Å². The van der Waals surface area contributed by atoms with E-state index in [0.717, 1.165) is 49.3 Å². The summed E-state index contributed by atoms with van der Waals surface area (Å²) in [5.41, 5.74) is 1.03. The summed E-state index contributed by atoms with van der Waals surface area (Å²) in [6.07, 6.45) is 0. The number of nitrogens with zero attached hydrogens (tertiary/aromatic N) is 3. The van der Waals surface area contributed by atoms with Gasteiger partial charge in [0.1, 0.15) is 17.3 Å². The van der Waals surface area contributed by atoms with Crippen LogP contribution in [0.4, 0.5) is 4.39 Å². The molecule has 1 fully saturated rings. The van der Waals surface area contributed by atoms with E-state index >= 15 is 0 Å². The lowest BCUT2D eigenvalue weighted by atomic mass is 10.1. The quantitative estimate of drug-likeness (QED) is 0.609. The Morgan fingerprint density at radius 2 is 1.93 bits per heavy atom. The zero-order valence-corrected chi connectivity index (χ0v) is 16.8. The van der Waals surface area contributed by atoms with Crippen LogP contribution in [0.1, 0.15) is 23.1 Å². The molecule has 0 saturated carbocycles. The van der Waals surface area contributed by atoms with Crippen molar-refractivity contribution in [3.63, 3.8) is 0 Å². The number of ether oxygens (including phenoxy) is 1. The smallest absolute Gasteiger partial charge is 0.193 e. The molecule has 28 heavy (non-hydrogen) atoms. The van der Waals surface area contributed by atoms with Crippen LogP contribution in [-0.4, -0.2) is 62.7 Å². The lowest BCUT2D eigenvalue weighted by molar-refractivity contribution is 0.0123. The highest BCUT2D eigenvalue weighted by Gasteiger charge is 2.25. The predicted octanol–water partition coefficient (Wildman–Crippen LogP) is 2.81. The van der Waals surface area contributed by atoms with Crippen LogP contribution in [0.25, 0.3) is 0 Å². The van der Waals surface area contributed by atoms with Gasteiger partial charge in [-0.15, -0.1) is 0 Å². The molecule has 1 saturated heterocycles. The summed E-state index contributed by atoms with van der Waals surface area (Å²) < 4.78 is 24.5. The number of halogens is 1. The first kappa shape index (κ1) is 20.4. The van der Waals surface area contributed by atoms with Crippen molar-refractivity contribution < 1.29 is 13.5 Å². The van der Waals surface area contributed by atoms with Crippen molar-refractivity contribution >= 4 is 5.96 Å². The molecule has 2 aromatic rings. The minimum Gasteiger partial charge on any atom is -0.465 e. The first-order chi connectivity index (χ1) is 13.6. The number of nitrogens with one attached hydrogen (secondary N) is 1. The van der Waals surface area contributed by atoms with Gasteiger partial charge in [0.2, 0.25) is 0 Å². The molecule has 1 aliphatic rings. The lowest BCUT2D eigenvalue weighted by Crippen LogP contribution is -2.46. The summed E-state index contributed by atoms with van der Waals surface area (Å²) in [5.74, 6) is 2.41. The Bertz CT molecular complexity index is 769. The monoisotopic (exact) mass is 388 g/mol. The van der Waals surface area contributed by atoms with Crippen molar-refractivity contribution in [1.82, 2.24) is 15.1 Å². The Kier molecular flexibility index (Phi) is 7.06. The molecule has 1 aromatic heterocycles. The standard InChI is InChI=1S/C21H29FN4O2/c1-16-4-9-20(28-16)19(26-10-12-27-13-11-26)14-24-21(23-2)25(3)15-17-5-7-18(22)8-6-17/h4-9,19H,10-15H2,1-3H3,(H,23,24). The van der Waals surface area contributed by atoms with Gasteiger partial charge < -0.3 is 19.4 Å². The first-order valence-electron chi connectivity index (χ1n) is 9.61. The van der Waals surface area contributed by atoms with Crippen molar-refractivity contribution in [3.8, 4) is 0 Å². The van der Waals surface area contributed by atoms with E-state index < -0.39 is 0 Å². The number of furan rings is 1. The first-order valence-corrected chi connectivity index (χ1v) is 9.61. The molecule has 2 heterocycles. The van der Waals surface area contributed by atoms with Gasteiger partial charge in [0.15, 0.2) is 5.96 Å². The number of guanidine groups is 1. The van der Waals surface area contributed by atoms with Crippen molar-refractivity contribution in [2.75, 3.05) is 46.9 Å². The fourth-order valence-electron chi connectivity index (χ4n) is 3.44. The maximum absolute atomic E-state index is 13.1. The second-order valence-corrected chi connectivity index (χ2v) is 7.02. The summed E-state index contributed by atoms with van der Waals surface area (Å²) in [7, 11) is 3.74. The molecule has 1 unspecified atom stereocenters. The second-order valence-electron chi connectivity index (χ2n) is 7.02. The summed E-state index contributed by atoms with van der Waals surface area (Å²) in [5, 5.41) is 3.47. The zero-order chi connectivity index (χ0) is 19.9. The second kappa shape index (κ2) is 9.71. The molecule has 1 aromatic carbocycles. The highest BCUT2D eigenvalue weighted by Crippen LogP contribution is 2.23. The fourth-order valence-corrected chi connectivity index (χ4v) is 3.44. The van der Waals surface area contributed by atoms with Gasteiger partial charge in [0.25, 0.3) is 0 Å². The number of aliphatic imine (C=N–C) groups is 1. The highest BCUT2D eigenvalue weighted by atomic mass is 19.1. The summed E-state index contributed by atoms with van der Waals surface area (Å²) in [4.78, 5) is 8.80. The van der Waals surface area contributed by atoms with Gasteiger partial charge in [0, 0.05) is 40.3 Å². The average Bonchev–Trinajstić information content (AvgIpc) is 3.13. The van der Waals surface area contributed by atoms with Gasteiger partial charge in [-0.2, -0.15) is 0 Å². The SMILES string of the molecule is CN=C(NCC(c1ccc(C)o1)N1CCOCC1)N(C)Cc1ccc(F)cc1. The minimum absolute atomic E-state index is 0.105. The predicted molar refractivity (Wildman–Crippen MR) is 108 cm³/mol. The van der Waals surface area contributed by atoms with Gasteiger partial charge in [-0.25, -0.2) is 4.39 Å². The summed E-state index contributed by atoms with van der Waals surface area (Å²) >= 11 is 0. The number of benzene rings is 1. The van der Waals surface area contributed by atoms with Gasteiger partial charge >= 0.3 is 0 Å². The van der Waals surface area contributed by atoms with Crippen molar-refractivity contribution in [2.45, 2.75) is 19.5 Å². The van der Waals surface area contributed by atoms with Crippen molar-refractivity contribution in [3.05, 3.63) is 59.3 Å². The maximum atomic E-state index is 13.1. The van der Waals surface area contributed by atoms with E-state index in [2.05, 4.69) is 15.2 Å². The molecular formula is C21H29FN4O2. The molecule has 0 bridgehead atoms. The van der Waals surface area contributed by atoms with Gasteiger partial charge in [-0.3, -0.25) is 9.89 Å². The van der Waals surface area contributed by atoms with Crippen LogP contribution in [0.2, 0.25) is 0 Å². The average molecular weight is 388 g/mol. The molecule has 7 heteroatoms. The fraction of sp³-hybridized carbons (Fsp3) is 0.476. The molecule has 0 amide bonds. The molecule has 3 rings (SSSR count). The third-order valence-corrected chi connectivity index (χ3v) is 4.94. The summed E-state index contributed by atoms with van der Waals surface area (Å²) in [6.45, 7) is 6.48. The van der Waals surface area contributed by atoms with E-state index in [9.17, 15) is 4.39 Å². The van der Waals surface area contributed by atoms with Crippen LogP contribution in [0.3, 0.4) is 0 Å². The molecule has 6 nitrogen and oxygen atoms in total. The normalized spacial score (nSPS) is 16.8. The third kappa shape index (κ3) is 5.33. The molecule has 1 aliphatic heterocycles. The Balaban J connectivity index is 1.65. The Labute approximate surface area is 166 Å². The number of aryl methyl sites for hydroxylation is 1. The van der Waals surface area contributed by atoms with E-state index in [1.807, 2.05) is 31.0 Å². The number of hydrogen-bond acceptors (Lipinski definition) is 4. The Morgan fingerprint density at radius 1 is 1.21 bits per heavy atom. The number of hydrogen-bond donors (Lipinski definition) is 1. The van der Waals surface area contributed by atoms with Crippen LogP contribution in [0.5, 0.6) is 0 Å². The molecule has 0 aliphatic carbocycles. The number of morpholine rings is 1. The minimum atomic E-state index is -0.226. The van der Waals surface area contributed by atoms with Crippen LogP contribution >= 0.6 is 0 Å². The molecule has 1 N–H and O–H groups in total. The summed E-state index contributed by atoms with van der Waals surface area (Å²) in [6, 6.07) is 10.7. The van der Waals surface area contributed by atoms with Gasteiger partial charge in [-0.05, 0) is 36.8 Å². The molecule has 0 radical (unpaired) electrons. The Hall–Kier alpha value is -2.38. The van der Waals surface area contributed by atoms with Crippen LogP contribution in [0.15, 0.2) is 45.8 Å². The largest absolute Gasteiger partial charge is 0.465 e. The van der Waals surface area contributed by atoms with Crippen LogP contribution in [0, 0.1) is 12.7 Å². The van der Waals surface area contributed by atoms with E-state index in [1.165, 1.54) is 12.1 Å². The zero-order valence-electron chi connectivity index (χ0n) is 16.8. The molecule has 152 valence electrons. The lowest BCUT2D eigenvalue weighted by Gasteiger charge is -2.34. The molecule has 0 spiro atoms. The van der Waals surface area contributed by atoms with Gasteiger partial charge in [0.05, 0.1) is 19.3 Å². The molecular weight excluding hydrogens is 359 g/mol. The highest BCUT2D eigenvalue weighted by molar-refractivity contribution is 5.79. The van der Waals surface area contributed by atoms with Gasteiger partial charge in [-0.1, -0.05) is 12.1 Å². The Morgan fingerprint density at radius 3 is 2.54 bits per heavy atom. The topological polar surface area (TPSA) is 53.2 Å². The van der Waals surface area contributed by atoms with E-state index in [4.69, 9.17) is 9.15 Å². The molecule has 1 atom stereocenters. The van der Waals surface area contributed by atoms with Crippen molar-refractivity contribution in [2.24, 2.45) is 4.99 Å². The number of rotatable bonds is 6. The maximum Gasteiger partial charge on any atom is 0.193 e. The van der Waals surface area contributed by atoms with Crippen LogP contribution in [-0.2, 0) is 11.3 Å². The van der Waals surface area contributed by atoms with Crippen molar-refractivity contribution in [1.29, 1.82) is 0 Å². The van der Waals surface area contributed by atoms with E-state index in [-0.39, 0.29) is 11.9 Å².